The summed E-state index contributed by atoms with van der Waals surface area (Å²) in [4.78, 5) is 25.0. The molecule has 1 fully saturated rings. The van der Waals surface area contributed by atoms with Gasteiger partial charge in [-0.25, -0.2) is 0 Å². The largest absolute Gasteiger partial charge is 0.480 e. The van der Waals surface area contributed by atoms with Gasteiger partial charge in [-0.2, -0.15) is 0 Å². The third kappa shape index (κ3) is 3.62. The van der Waals surface area contributed by atoms with Crippen molar-refractivity contribution in [3.8, 4) is 11.1 Å². The van der Waals surface area contributed by atoms with Crippen LogP contribution in [-0.2, 0) is 11.3 Å². The monoisotopic (exact) mass is 312 g/mol. The molecule has 1 aromatic heterocycles. The molecule has 0 unspecified atom stereocenters. The summed E-state index contributed by atoms with van der Waals surface area (Å²) in [5, 5.41) is 8.90. The maximum atomic E-state index is 11.7. The van der Waals surface area contributed by atoms with Gasteiger partial charge in [0.05, 0.1) is 0 Å². The highest BCUT2D eigenvalue weighted by atomic mass is 16.4. The van der Waals surface area contributed by atoms with E-state index < -0.39 is 5.97 Å². The van der Waals surface area contributed by atoms with Crippen molar-refractivity contribution in [3.05, 3.63) is 52.9 Å². The molecule has 23 heavy (non-hydrogen) atoms. The second kappa shape index (κ2) is 6.69. The molecule has 1 saturated heterocycles. The van der Waals surface area contributed by atoms with E-state index in [1.54, 1.807) is 12.3 Å². The predicted octanol–water partition coefficient (Wildman–Crippen LogP) is 2.59. The molecule has 5 nitrogen and oxygen atoms in total. The summed E-state index contributed by atoms with van der Waals surface area (Å²) in [5.41, 5.74) is 2.72. The Morgan fingerprint density at radius 2 is 1.83 bits per heavy atom. The lowest BCUT2D eigenvalue weighted by molar-refractivity contribution is -0.137. The molecular weight excluding hydrogens is 292 g/mol. The highest BCUT2D eigenvalue weighted by molar-refractivity contribution is 5.69. The van der Waals surface area contributed by atoms with E-state index in [9.17, 15) is 9.59 Å². The average molecular weight is 312 g/mol. The topological polar surface area (TPSA) is 62.5 Å². The van der Waals surface area contributed by atoms with E-state index in [4.69, 9.17) is 5.11 Å². The zero-order valence-corrected chi connectivity index (χ0v) is 12.9. The van der Waals surface area contributed by atoms with Crippen molar-refractivity contribution in [3.63, 3.8) is 0 Å². The number of rotatable bonds is 4. The van der Waals surface area contributed by atoms with Gasteiger partial charge in [-0.1, -0.05) is 12.1 Å². The molecule has 0 radical (unpaired) electrons. The molecule has 1 aliphatic heterocycles. The fraction of sp³-hybridized carbons (Fsp3) is 0.333. The van der Waals surface area contributed by atoms with Crippen LogP contribution in [0.25, 0.3) is 11.1 Å². The first kappa shape index (κ1) is 15.3. The summed E-state index contributed by atoms with van der Waals surface area (Å²) < 4.78 is 1.23. The second-order valence-corrected chi connectivity index (χ2v) is 5.88. The molecule has 0 bridgehead atoms. The Hall–Kier alpha value is -2.56. The zero-order chi connectivity index (χ0) is 16.2. The zero-order valence-electron chi connectivity index (χ0n) is 12.9. The normalized spacial score (nSPS) is 14.7. The Balaban J connectivity index is 1.92. The number of hydrogen-bond donors (Lipinski definition) is 1. The molecule has 0 saturated carbocycles. The van der Waals surface area contributed by atoms with Crippen molar-refractivity contribution < 1.29 is 9.90 Å². The van der Waals surface area contributed by atoms with E-state index in [1.165, 1.54) is 35.6 Å². The minimum Gasteiger partial charge on any atom is -0.480 e. The lowest BCUT2D eigenvalue weighted by atomic mass is 10.0. The predicted molar refractivity (Wildman–Crippen MR) is 89.8 cm³/mol. The fourth-order valence-electron chi connectivity index (χ4n) is 3.01. The van der Waals surface area contributed by atoms with Gasteiger partial charge in [0.25, 0.3) is 5.56 Å². The molecule has 2 heterocycles. The molecule has 0 atom stereocenters. The van der Waals surface area contributed by atoms with Gasteiger partial charge >= 0.3 is 5.97 Å². The summed E-state index contributed by atoms with van der Waals surface area (Å²) in [6.07, 6.45) is 5.34. The van der Waals surface area contributed by atoms with Crippen LogP contribution in [0.1, 0.15) is 19.3 Å². The van der Waals surface area contributed by atoms with Gasteiger partial charge in [0, 0.05) is 31.0 Å². The number of nitrogens with zero attached hydrogens (tertiary/aromatic N) is 2. The Bertz CT molecular complexity index is 761. The number of carbonyl (C=O) groups is 1. The average Bonchev–Trinajstić information content (AvgIpc) is 2.57. The Kier molecular flexibility index (Phi) is 4.46. The van der Waals surface area contributed by atoms with E-state index in [-0.39, 0.29) is 12.1 Å². The smallest absolute Gasteiger partial charge is 0.323 e. The van der Waals surface area contributed by atoms with Gasteiger partial charge in [0.15, 0.2) is 0 Å². The number of pyridine rings is 1. The Morgan fingerprint density at radius 3 is 2.57 bits per heavy atom. The summed E-state index contributed by atoms with van der Waals surface area (Å²) >= 11 is 0. The van der Waals surface area contributed by atoms with Crippen LogP contribution in [0.4, 0.5) is 5.69 Å². The summed E-state index contributed by atoms with van der Waals surface area (Å²) in [6, 6.07) is 11.4. The molecule has 1 aliphatic rings. The Morgan fingerprint density at radius 1 is 1.04 bits per heavy atom. The van der Waals surface area contributed by atoms with E-state index >= 15 is 0 Å². The van der Waals surface area contributed by atoms with Crippen LogP contribution in [0.2, 0.25) is 0 Å². The molecule has 120 valence electrons. The molecular formula is C18H20N2O3. The van der Waals surface area contributed by atoms with Crippen molar-refractivity contribution in [2.24, 2.45) is 0 Å². The van der Waals surface area contributed by atoms with Gasteiger partial charge in [0.2, 0.25) is 0 Å². The maximum absolute atomic E-state index is 11.7. The molecule has 3 rings (SSSR count). The van der Waals surface area contributed by atoms with Crippen molar-refractivity contribution in [1.82, 2.24) is 4.57 Å². The number of anilines is 1. The highest BCUT2D eigenvalue weighted by Crippen LogP contribution is 2.26. The SMILES string of the molecule is O=C(O)Cn1cc(-c2cccc(N3CCCCC3)c2)ccc1=O. The number of aliphatic carboxylic acids is 1. The van der Waals surface area contributed by atoms with Gasteiger partial charge in [-0.3, -0.25) is 9.59 Å². The maximum Gasteiger partial charge on any atom is 0.323 e. The lowest BCUT2D eigenvalue weighted by Crippen LogP contribution is -2.29. The molecule has 1 aromatic carbocycles. The van der Waals surface area contributed by atoms with Crippen LogP contribution in [0.5, 0.6) is 0 Å². The van der Waals surface area contributed by atoms with Crippen LogP contribution in [0.3, 0.4) is 0 Å². The number of carboxylic acid groups (broad SMARTS) is 1. The van der Waals surface area contributed by atoms with Crippen molar-refractivity contribution in [2.75, 3.05) is 18.0 Å². The van der Waals surface area contributed by atoms with E-state index in [0.717, 1.165) is 24.2 Å². The van der Waals surface area contributed by atoms with Crippen molar-refractivity contribution >= 4 is 11.7 Å². The molecule has 0 spiro atoms. The number of piperidine rings is 1. The van der Waals surface area contributed by atoms with E-state index in [0.29, 0.717) is 0 Å². The van der Waals surface area contributed by atoms with Crippen molar-refractivity contribution in [2.45, 2.75) is 25.8 Å². The standard InChI is InChI=1S/C18H20N2O3/c21-17-8-7-15(12-20(17)13-18(22)23)14-5-4-6-16(11-14)19-9-2-1-3-10-19/h4-8,11-12H,1-3,9-10,13H2,(H,22,23). The first-order valence-electron chi connectivity index (χ1n) is 7.91. The quantitative estimate of drug-likeness (QED) is 0.942. The second-order valence-electron chi connectivity index (χ2n) is 5.88. The molecule has 1 N–H and O–H groups in total. The van der Waals surface area contributed by atoms with Crippen LogP contribution < -0.4 is 10.5 Å². The minimum atomic E-state index is -1.02. The number of hydrogen-bond acceptors (Lipinski definition) is 3. The molecule has 0 amide bonds. The first-order chi connectivity index (χ1) is 11.1. The summed E-state index contributed by atoms with van der Waals surface area (Å²) in [6.45, 7) is 1.82. The van der Waals surface area contributed by atoms with Gasteiger partial charge in [0.1, 0.15) is 6.54 Å². The van der Waals surface area contributed by atoms with Crippen molar-refractivity contribution in [1.29, 1.82) is 0 Å². The molecule has 0 aliphatic carbocycles. The minimum absolute atomic E-state index is 0.302. The first-order valence-corrected chi connectivity index (χ1v) is 7.91. The molecule has 2 aromatic rings. The van der Waals surface area contributed by atoms with Gasteiger partial charge in [-0.15, -0.1) is 0 Å². The number of carboxylic acids is 1. The third-order valence-electron chi connectivity index (χ3n) is 4.19. The van der Waals surface area contributed by atoms with Crippen LogP contribution in [-0.4, -0.2) is 28.7 Å². The summed E-state index contributed by atoms with van der Waals surface area (Å²) in [5.74, 6) is -1.02. The van der Waals surface area contributed by atoms with E-state index in [2.05, 4.69) is 17.0 Å². The van der Waals surface area contributed by atoms with Gasteiger partial charge < -0.3 is 14.6 Å². The number of aromatic nitrogens is 1. The number of benzene rings is 1. The van der Waals surface area contributed by atoms with Crippen LogP contribution >= 0.6 is 0 Å². The van der Waals surface area contributed by atoms with Crippen LogP contribution in [0, 0.1) is 0 Å². The van der Waals surface area contributed by atoms with E-state index in [1.807, 2.05) is 12.1 Å². The third-order valence-corrected chi connectivity index (χ3v) is 4.19. The van der Waals surface area contributed by atoms with Crippen LogP contribution in [0.15, 0.2) is 47.4 Å². The summed E-state index contributed by atoms with van der Waals surface area (Å²) in [7, 11) is 0. The highest BCUT2D eigenvalue weighted by Gasteiger charge is 2.12. The molecule has 5 heteroatoms. The van der Waals surface area contributed by atoms with Gasteiger partial charge in [-0.05, 0) is 48.6 Å². The lowest BCUT2D eigenvalue weighted by Gasteiger charge is -2.29. The fourth-order valence-corrected chi connectivity index (χ4v) is 3.01. The Labute approximate surface area is 134 Å².